The van der Waals surface area contributed by atoms with E-state index in [-0.39, 0.29) is 11.6 Å². The molecule has 0 bridgehead atoms. The lowest BCUT2D eigenvalue weighted by Crippen LogP contribution is -2.57. The van der Waals surface area contributed by atoms with Crippen LogP contribution in [0.2, 0.25) is 5.02 Å². The predicted molar refractivity (Wildman–Crippen MR) is 126 cm³/mol. The first kappa shape index (κ1) is 20.0. The van der Waals surface area contributed by atoms with Crippen LogP contribution in [0.3, 0.4) is 0 Å². The topological polar surface area (TPSA) is 40.5 Å². The molecule has 1 saturated heterocycles. The maximum absolute atomic E-state index is 12.9. The molecule has 0 unspecified atom stereocenters. The Morgan fingerprint density at radius 1 is 1.06 bits per heavy atom. The van der Waals surface area contributed by atoms with Crippen molar-refractivity contribution in [3.05, 3.63) is 77.1 Å². The van der Waals surface area contributed by atoms with Crippen molar-refractivity contribution >= 4 is 29.0 Å². The van der Waals surface area contributed by atoms with Crippen LogP contribution in [0.4, 0.5) is 16.2 Å². The van der Waals surface area contributed by atoms with Crippen molar-refractivity contribution in [3.8, 4) is 5.69 Å². The number of carbonyl (C=O) groups is 1. The number of aryl methyl sites for hydroxylation is 1. The molecular formula is C25H27ClN4O. The van der Waals surface area contributed by atoms with Gasteiger partial charge < -0.3 is 19.7 Å². The SMILES string of the molecule is CCN1c2cc(C)ccc2-n2cccc2C12CCN(C(=O)Nc1ccccc1Cl)CC2. The number of nitrogens with one attached hydrogen (secondary N) is 1. The number of para-hydroxylation sites is 1. The van der Waals surface area contributed by atoms with E-state index in [1.54, 1.807) is 6.07 Å². The molecule has 160 valence electrons. The Kier molecular flexibility index (Phi) is 4.94. The molecule has 0 aliphatic carbocycles. The van der Waals surface area contributed by atoms with Crippen LogP contribution in [0.15, 0.2) is 60.8 Å². The standard InChI is InChI=1S/C25H27ClN4O/c1-3-30-22-17-18(2)10-11-21(22)29-14-6-9-23(29)25(30)12-15-28(16-13-25)24(31)27-20-8-5-4-7-19(20)26/h4-11,14,17H,3,12-13,15-16H2,1-2H3,(H,27,31). The van der Waals surface area contributed by atoms with Gasteiger partial charge in [0.25, 0.3) is 0 Å². The van der Waals surface area contributed by atoms with Gasteiger partial charge in [-0.2, -0.15) is 0 Å². The summed E-state index contributed by atoms with van der Waals surface area (Å²) in [5, 5.41) is 3.52. The number of urea groups is 1. The monoisotopic (exact) mass is 434 g/mol. The highest BCUT2D eigenvalue weighted by atomic mass is 35.5. The number of likely N-dealkylation sites (tertiary alicyclic amines) is 1. The summed E-state index contributed by atoms with van der Waals surface area (Å²) in [4.78, 5) is 17.4. The van der Waals surface area contributed by atoms with E-state index in [0.717, 1.165) is 19.4 Å². The van der Waals surface area contributed by atoms with Crippen LogP contribution in [0, 0.1) is 6.92 Å². The van der Waals surface area contributed by atoms with E-state index < -0.39 is 0 Å². The normalized spacial score (nSPS) is 16.7. The minimum absolute atomic E-state index is 0.0894. The van der Waals surface area contributed by atoms with Crippen molar-refractivity contribution in [2.75, 3.05) is 29.9 Å². The fraction of sp³-hybridized carbons (Fsp3) is 0.320. The van der Waals surface area contributed by atoms with Gasteiger partial charge in [0.15, 0.2) is 0 Å². The summed E-state index contributed by atoms with van der Waals surface area (Å²) in [6, 6.07) is 18.3. The van der Waals surface area contributed by atoms with E-state index in [4.69, 9.17) is 11.6 Å². The van der Waals surface area contributed by atoms with E-state index in [0.29, 0.717) is 23.8 Å². The van der Waals surface area contributed by atoms with Crippen molar-refractivity contribution < 1.29 is 4.79 Å². The number of hydrogen-bond acceptors (Lipinski definition) is 2. The number of halogens is 1. The molecule has 1 spiro atoms. The molecule has 0 radical (unpaired) electrons. The highest BCUT2D eigenvalue weighted by Crippen LogP contribution is 2.48. The summed E-state index contributed by atoms with van der Waals surface area (Å²) in [7, 11) is 0. The molecule has 2 aromatic carbocycles. The summed E-state index contributed by atoms with van der Waals surface area (Å²) < 4.78 is 2.33. The van der Waals surface area contributed by atoms with Crippen molar-refractivity contribution in [1.29, 1.82) is 0 Å². The number of aromatic nitrogens is 1. The fourth-order valence-corrected chi connectivity index (χ4v) is 5.41. The zero-order valence-corrected chi connectivity index (χ0v) is 18.7. The number of anilines is 2. The van der Waals surface area contributed by atoms with Crippen LogP contribution in [0.25, 0.3) is 5.69 Å². The molecule has 31 heavy (non-hydrogen) atoms. The fourth-order valence-electron chi connectivity index (χ4n) is 5.23. The van der Waals surface area contributed by atoms with Gasteiger partial charge in [-0.1, -0.05) is 29.8 Å². The lowest BCUT2D eigenvalue weighted by atomic mass is 9.80. The highest BCUT2D eigenvalue weighted by Gasteiger charge is 2.46. The third-order valence-corrected chi connectivity index (χ3v) is 7.06. The first-order valence-electron chi connectivity index (χ1n) is 10.9. The van der Waals surface area contributed by atoms with Gasteiger partial charge in [0, 0.05) is 31.5 Å². The molecule has 0 saturated carbocycles. The van der Waals surface area contributed by atoms with Gasteiger partial charge in [0.2, 0.25) is 0 Å². The average Bonchev–Trinajstić information content (AvgIpc) is 3.27. The Morgan fingerprint density at radius 3 is 2.58 bits per heavy atom. The van der Waals surface area contributed by atoms with Gasteiger partial charge in [-0.15, -0.1) is 0 Å². The number of amides is 2. The number of fused-ring (bicyclic) bond motifs is 4. The Balaban J connectivity index is 1.43. The van der Waals surface area contributed by atoms with Crippen molar-refractivity contribution in [3.63, 3.8) is 0 Å². The van der Waals surface area contributed by atoms with Crippen LogP contribution in [0.5, 0.6) is 0 Å². The van der Waals surface area contributed by atoms with E-state index in [2.05, 4.69) is 65.2 Å². The second-order valence-corrected chi connectivity index (χ2v) is 8.84. The minimum atomic E-state index is -0.111. The molecule has 2 aliphatic rings. The maximum atomic E-state index is 12.9. The summed E-state index contributed by atoms with van der Waals surface area (Å²) in [5.74, 6) is 0. The third kappa shape index (κ3) is 3.19. The summed E-state index contributed by atoms with van der Waals surface area (Å²) >= 11 is 6.22. The number of benzene rings is 2. The van der Waals surface area contributed by atoms with Gasteiger partial charge >= 0.3 is 6.03 Å². The van der Waals surface area contributed by atoms with Crippen LogP contribution in [-0.4, -0.2) is 35.1 Å². The molecule has 3 heterocycles. The van der Waals surface area contributed by atoms with Gasteiger partial charge in [0.1, 0.15) is 0 Å². The van der Waals surface area contributed by atoms with E-state index in [1.807, 2.05) is 23.1 Å². The molecule has 0 atom stereocenters. The molecule has 3 aromatic rings. The average molecular weight is 435 g/mol. The lowest BCUT2D eigenvalue weighted by Gasteiger charge is -2.53. The smallest absolute Gasteiger partial charge is 0.321 e. The Labute approximate surface area is 188 Å². The summed E-state index contributed by atoms with van der Waals surface area (Å²) in [6.45, 7) is 6.68. The summed E-state index contributed by atoms with van der Waals surface area (Å²) in [6.07, 6.45) is 3.93. The quantitative estimate of drug-likeness (QED) is 0.553. The first-order valence-corrected chi connectivity index (χ1v) is 11.3. The number of rotatable bonds is 2. The van der Waals surface area contributed by atoms with Gasteiger partial charge in [0.05, 0.1) is 27.6 Å². The predicted octanol–water partition coefficient (Wildman–Crippen LogP) is 5.80. The Hall–Kier alpha value is -2.92. The number of nitrogens with zero attached hydrogens (tertiary/aromatic N) is 3. The number of hydrogen-bond donors (Lipinski definition) is 1. The highest BCUT2D eigenvalue weighted by molar-refractivity contribution is 6.33. The largest absolute Gasteiger partial charge is 0.359 e. The Bertz CT molecular complexity index is 1130. The number of carbonyl (C=O) groups excluding carboxylic acids is 1. The minimum Gasteiger partial charge on any atom is -0.359 e. The maximum Gasteiger partial charge on any atom is 0.321 e. The molecule has 1 N–H and O–H groups in total. The van der Waals surface area contributed by atoms with E-state index >= 15 is 0 Å². The van der Waals surface area contributed by atoms with Crippen LogP contribution >= 0.6 is 11.6 Å². The molecule has 1 fully saturated rings. The third-order valence-electron chi connectivity index (χ3n) is 6.73. The molecule has 6 heteroatoms. The van der Waals surface area contributed by atoms with Gasteiger partial charge in [-0.05, 0) is 68.7 Å². The van der Waals surface area contributed by atoms with E-state index in [1.165, 1.54) is 22.6 Å². The van der Waals surface area contributed by atoms with Crippen LogP contribution in [-0.2, 0) is 5.54 Å². The molecule has 2 aliphatic heterocycles. The van der Waals surface area contributed by atoms with Gasteiger partial charge in [-0.25, -0.2) is 4.79 Å². The zero-order chi connectivity index (χ0) is 21.6. The molecule has 5 rings (SSSR count). The lowest BCUT2D eigenvalue weighted by molar-refractivity contribution is 0.161. The summed E-state index contributed by atoms with van der Waals surface area (Å²) in [5.41, 5.74) is 5.63. The van der Waals surface area contributed by atoms with Crippen LogP contribution < -0.4 is 10.2 Å². The second kappa shape index (κ2) is 7.65. The van der Waals surface area contributed by atoms with Crippen LogP contribution in [0.1, 0.15) is 31.0 Å². The van der Waals surface area contributed by atoms with Gasteiger partial charge in [-0.3, -0.25) is 0 Å². The second-order valence-electron chi connectivity index (χ2n) is 8.43. The molecular weight excluding hydrogens is 408 g/mol. The number of piperidine rings is 1. The Morgan fingerprint density at radius 2 is 1.84 bits per heavy atom. The first-order chi connectivity index (χ1) is 15.0. The zero-order valence-electron chi connectivity index (χ0n) is 17.9. The molecule has 5 nitrogen and oxygen atoms in total. The van der Waals surface area contributed by atoms with Crippen molar-refractivity contribution in [1.82, 2.24) is 9.47 Å². The van der Waals surface area contributed by atoms with E-state index in [9.17, 15) is 4.79 Å². The van der Waals surface area contributed by atoms with Crippen molar-refractivity contribution in [2.24, 2.45) is 0 Å². The van der Waals surface area contributed by atoms with Crippen molar-refractivity contribution in [2.45, 2.75) is 32.2 Å². The molecule has 2 amide bonds. The molecule has 1 aromatic heterocycles.